The molecule has 0 unspecified atom stereocenters. The highest BCUT2D eigenvalue weighted by Crippen LogP contribution is 2.31. The summed E-state index contributed by atoms with van der Waals surface area (Å²) in [6.07, 6.45) is -2.33. The average Bonchev–Trinajstić information content (AvgIpc) is 3.09. The molecule has 0 aliphatic carbocycles. The zero-order valence-electron chi connectivity index (χ0n) is 14.0. The number of amides is 1. The quantitative estimate of drug-likeness (QED) is 0.667. The van der Waals surface area contributed by atoms with Gasteiger partial charge in [0.15, 0.2) is 0 Å². The summed E-state index contributed by atoms with van der Waals surface area (Å²) < 4.78 is 38.6. The summed E-state index contributed by atoms with van der Waals surface area (Å²) in [4.78, 5) is 16.6. The fraction of sp³-hybridized carbons (Fsp3) is 0.176. The highest BCUT2D eigenvalue weighted by atomic mass is 32.1. The lowest BCUT2D eigenvalue weighted by atomic mass is 10.2. The number of hydrogen-bond donors (Lipinski definition) is 2. The van der Waals surface area contributed by atoms with E-state index in [1.54, 1.807) is 6.07 Å². The number of carbonyl (C=O) groups excluding carboxylic acids is 1. The van der Waals surface area contributed by atoms with E-state index in [9.17, 15) is 18.0 Å². The number of aryl methyl sites for hydroxylation is 1. The first kappa shape index (κ1) is 18.8. The predicted octanol–water partition coefficient (Wildman–Crippen LogP) is 4.51. The number of benzene rings is 1. The number of pyridine rings is 1. The molecule has 2 N–H and O–H groups in total. The number of nitrogens with one attached hydrogen (secondary N) is 2. The third-order valence-electron chi connectivity index (χ3n) is 3.49. The van der Waals surface area contributed by atoms with Gasteiger partial charge in [0.1, 0.15) is 10.8 Å². The molecule has 1 aromatic carbocycles. The van der Waals surface area contributed by atoms with Crippen molar-refractivity contribution in [1.82, 2.24) is 15.2 Å². The van der Waals surface area contributed by atoms with Crippen molar-refractivity contribution in [3.63, 3.8) is 0 Å². The number of rotatable bonds is 5. The standard InChI is InChI=1S/C17H14F3N5OS/c1-2-13-24-25-16(27-13)23-15(26)12-7-4-8-21-14(12)22-11-6-3-5-10(9-11)17(18,19)20/h3-9H,2H2,1H3,(H,21,22)(H,23,25,26). The summed E-state index contributed by atoms with van der Waals surface area (Å²) in [5.74, 6) is -0.356. The van der Waals surface area contributed by atoms with Crippen LogP contribution in [0.1, 0.15) is 27.9 Å². The normalized spacial score (nSPS) is 11.3. The Labute approximate surface area is 156 Å². The SMILES string of the molecule is CCc1nnc(NC(=O)c2cccnc2Nc2cccc(C(F)(F)F)c2)s1. The van der Waals surface area contributed by atoms with E-state index >= 15 is 0 Å². The largest absolute Gasteiger partial charge is 0.416 e. The molecule has 27 heavy (non-hydrogen) atoms. The van der Waals surface area contributed by atoms with Gasteiger partial charge < -0.3 is 5.32 Å². The molecule has 1 amide bonds. The molecule has 2 heterocycles. The van der Waals surface area contributed by atoms with Crippen LogP contribution in [0.15, 0.2) is 42.6 Å². The molecule has 3 aromatic rings. The lowest BCUT2D eigenvalue weighted by Gasteiger charge is -2.12. The van der Waals surface area contributed by atoms with Gasteiger partial charge in [-0.05, 0) is 36.8 Å². The first-order valence-electron chi connectivity index (χ1n) is 7.90. The zero-order valence-corrected chi connectivity index (χ0v) is 14.9. The highest BCUT2D eigenvalue weighted by Gasteiger charge is 2.30. The fourth-order valence-corrected chi connectivity index (χ4v) is 2.88. The van der Waals surface area contributed by atoms with Crippen LogP contribution >= 0.6 is 11.3 Å². The summed E-state index contributed by atoms with van der Waals surface area (Å²) in [7, 11) is 0. The van der Waals surface area contributed by atoms with Crippen molar-refractivity contribution in [2.75, 3.05) is 10.6 Å². The molecule has 2 aromatic heterocycles. The minimum atomic E-state index is -4.46. The lowest BCUT2D eigenvalue weighted by molar-refractivity contribution is -0.137. The fourth-order valence-electron chi connectivity index (χ4n) is 2.21. The Balaban J connectivity index is 1.82. The van der Waals surface area contributed by atoms with E-state index in [-0.39, 0.29) is 17.1 Å². The molecule has 0 aliphatic heterocycles. The molecular formula is C17H14F3N5OS. The summed E-state index contributed by atoms with van der Waals surface area (Å²) in [6, 6.07) is 7.74. The van der Waals surface area contributed by atoms with Crippen LogP contribution in [0.3, 0.4) is 0 Å². The molecule has 140 valence electrons. The maximum Gasteiger partial charge on any atom is 0.416 e. The maximum absolute atomic E-state index is 12.9. The minimum Gasteiger partial charge on any atom is -0.340 e. The molecule has 10 heteroatoms. The zero-order chi connectivity index (χ0) is 19.4. The first-order chi connectivity index (χ1) is 12.9. The first-order valence-corrected chi connectivity index (χ1v) is 8.71. The van der Waals surface area contributed by atoms with Crippen molar-refractivity contribution in [2.24, 2.45) is 0 Å². The van der Waals surface area contributed by atoms with E-state index in [0.29, 0.717) is 11.6 Å². The molecule has 0 radical (unpaired) electrons. The monoisotopic (exact) mass is 393 g/mol. The van der Waals surface area contributed by atoms with Crippen LogP contribution in [0.2, 0.25) is 0 Å². The second-order valence-electron chi connectivity index (χ2n) is 5.41. The van der Waals surface area contributed by atoms with E-state index in [4.69, 9.17) is 0 Å². The molecule has 0 fully saturated rings. The topological polar surface area (TPSA) is 79.8 Å². The van der Waals surface area contributed by atoms with Gasteiger partial charge in [0.05, 0.1) is 11.1 Å². The van der Waals surface area contributed by atoms with Gasteiger partial charge in [0.2, 0.25) is 5.13 Å². The van der Waals surface area contributed by atoms with Crippen molar-refractivity contribution in [2.45, 2.75) is 19.5 Å². The van der Waals surface area contributed by atoms with Crippen LogP contribution < -0.4 is 10.6 Å². The number of alkyl halides is 3. The molecule has 0 bridgehead atoms. The number of nitrogens with zero attached hydrogens (tertiary/aromatic N) is 3. The summed E-state index contributed by atoms with van der Waals surface area (Å²) in [5.41, 5.74) is -0.458. The van der Waals surface area contributed by atoms with E-state index in [2.05, 4.69) is 25.8 Å². The molecule has 3 rings (SSSR count). The Morgan fingerprint density at radius 2 is 2.00 bits per heavy atom. The molecule has 6 nitrogen and oxygen atoms in total. The van der Waals surface area contributed by atoms with Gasteiger partial charge in [0.25, 0.3) is 5.91 Å². The van der Waals surface area contributed by atoms with Gasteiger partial charge in [-0.3, -0.25) is 10.1 Å². The minimum absolute atomic E-state index is 0.134. The van der Waals surface area contributed by atoms with Gasteiger partial charge in [-0.1, -0.05) is 24.3 Å². The Morgan fingerprint density at radius 3 is 2.70 bits per heavy atom. The van der Waals surface area contributed by atoms with Crippen molar-refractivity contribution in [1.29, 1.82) is 0 Å². The number of halogens is 3. The van der Waals surface area contributed by atoms with Crippen molar-refractivity contribution < 1.29 is 18.0 Å². The van der Waals surface area contributed by atoms with Crippen molar-refractivity contribution in [3.8, 4) is 0 Å². The number of carbonyl (C=O) groups is 1. The average molecular weight is 393 g/mol. The molecule has 0 atom stereocenters. The highest BCUT2D eigenvalue weighted by molar-refractivity contribution is 7.15. The summed E-state index contributed by atoms with van der Waals surface area (Å²) >= 11 is 1.25. The van der Waals surface area contributed by atoms with Gasteiger partial charge in [-0.25, -0.2) is 4.98 Å². The van der Waals surface area contributed by atoms with Crippen LogP contribution in [-0.4, -0.2) is 21.1 Å². The third-order valence-corrected chi connectivity index (χ3v) is 4.48. The lowest BCUT2D eigenvalue weighted by Crippen LogP contribution is -2.14. The van der Waals surface area contributed by atoms with E-state index in [1.165, 1.54) is 35.7 Å². The third kappa shape index (κ3) is 4.59. The molecular weight excluding hydrogens is 379 g/mol. The predicted molar refractivity (Wildman–Crippen MR) is 96.2 cm³/mol. The number of anilines is 3. The maximum atomic E-state index is 12.9. The Kier molecular flexibility index (Phi) is 5.36. The van der Waals surface area contributed by atoms with Crippen LogP contribution in [0.4, 0.5) is 29.8 Å². The summed E-state index contributed by atoms with van der Waals surface area (Å²) in [5, 5.41) is 14.3. The Morgan fingerprint density at radius 1 is 1.19 bits per heavy atom. The van der Waals surface area contributed by atoms with Crippen LogP contribution in [-0.2, 0) is 12.6 Å². The van der Waals surface area contributed by atoms with E-state index in [0.717, 1.165) is 17.1 Å². The smallest absolute Gasteiger partial charge is 0.340 e. The van der Waals surface area contributed by atoms with Crippen LogP contribution in [0.25, 0.3) is 0 Å². The van der Waals surface area contributed by atoms with E-state index < -0.39 is 17.6 Å². The Hall–Kier alpha value is -3.01. The number of aromatic nitrogens is 3. The molecule has 0 saturated carbocycles. The summed E-state index contributed by atoms with van der Waals surface area (Å²) in [6.45, 7) is 1.92. The van der Waals surface area contributed by atoms with Gasteiger partial charge in [0, 0.05) is 11.9 Å². The van der Waals surface area contributed by atoms with Gasteiger partial charge in [-0.2, -0.15) is 13.2 Å². The number of hydrogen-bond acceptors (Lipinski definition) is 6. The van der Waals surface area contributed by atoms with Crippen molar-refractivity contribution >= 4 is 33.9 Å². The van der Waals surface area contributed by atoms with Crippen LogP contribution in [0.5, 0.6) is 0 Å². The van der Waals surface area contributed by atoms with Crippen molar-refractivity contribution in [3.05, 3.63) is 58.7 Å². The molecule has 0 aliphatic rings. The second kappa shape index (κ2) is 7.70. The van der Waals surface area contributed by atoms with E-state index in [1.807, 2.05) is 6.92 Å². The van der Waals surface area contributed by atoms with Gasteiger partial charge >= 0.3 is 6.18 Å². The second-order valence-corrected chi connectivity index (χ2v) is 6.47. The molecule has 0 saturated heterocycles. The Bertz CT molecular complexity index is 957. The van der Waals surface area contributed by atoms with Crippen LogP contribution in [0, 0.1) is 0 Å². The van der Waals surface area contributed by atoms with Gasteiger partial charge in [-0.15, -0.1) is 10.2 Å². The molecule has 0 spiro atoms.